The number of hydrogen-bond donors (Lipinski definition) is 2. The SMILES string of the molecule is CCNS(=O)(=O)c1ccc(OCC)c(CNC(C)C)c1. The van der Waals surface area contributed by atoms with Gasteiger partial charge in [-0.25, -0.2) is 13.1 Å². The molecule has 0 radical (unpaired) electrons. The van der Waals surface area contributed by atoms with Crippen LogP contribution in [0.15, 0.2) is 23.1 Å². The minimum absolute atomic E-state index is 0.267. The number of rotatable bonds is 8. The van der Waals surface area contributed by atoms with Crippen LogP contribution in [0, 0.1) is 0 Å². The first-order valence-electron chi connectivity index (χ1n) is 6.89. The van der Waals surface area contributed by atoms with Crippen molar-refractivity contribution in [2.45, 2.75) is 45.2 Å². The summed E-state index contributed by atoms with van der Waals surface area (Å²) in [5, 5.41) is 3.28. The second-order valence-electron chi connectivity index (χ2n) is 4.74. The molecule has 0 aliphatic carbocycles. The molecule has 5 nitrogen and oxygen atoms in total. The molecule has 0 bridgehead atoms. The van der Waals surface area contributed by atoms with Crippen molar-refractivity contribution in [1.82, 2.24) is 10.0 Å². The molecule has 0 saturated carbocycles. The average molecular weight is 300 g/mol. The molecule has 1 aromatic carbocycles. The van der Waals surface area contributed by atoms with Crippen LogP contribution in [0.2, 0.25) is 0 Å². The molecule has 0 fully saturated rings. The van der Waals surface area contributed by atoms with Crippen molar-refractivity contribution in [2.24, 2.45) is 0 Å². The molecular weight excluding hydrogens is 276 g/mol. The normalized spacial score (nSPS) is 11.8. The van der Waals surface area contributed by atoms with Crippen LogP contribution in [-0.4, -0.2) is 27.6 Å². The highest BCUT2D eigenvalue weighted by Gasteiger charge is 2.15. The maximum atomic E-state index is 12.0. The van der Waals surface area contributed by atoms with E-state index in [1.165, 1.54) is 0 Å². The molecule has 2 N–H and O–H groups in total. The summed E-state index contributed by atoms with van der Waals surface area (Å²) in [6.07, 6.45) is 0. The average Bonchev–Trinajstić information content (AvgIpc) is 2.37. The van der Waals surface area contributed by atoms with Gasteiger partial charge in [0.2, 0.25) is 10.0 Å². The highest BCUT2D eigenvalue weighted by atomic mass is 32.2. The summed E-state index contributed by atoms with van der Waals surface area (Å²) >= 11 is 0. The monoisotopic (exact) mass is 300 g/mol. The molecule has 0 heterocycles. The predicted octanol–water partition coefficient (Wildman–Crippen LogP) is 1.88. The van der Waals surface area contributed by atoms with Crippen molar-refractivity contribution in [3.63, 3.8) is 0 Å². The Morgan fingerprint density at radius 3 is 2.50 bits per heavy atom. The van der Waals surface area contributed by atoms with Gasteiger partial charge < -0.3 is 10.1 Å². The third-order valence-corrected chi connectivity index (χ3v) is 4.22. The molecule has 0 amide bonds. The van der Waals surface area contributed by atoms with Crippen LogP contribution in [0.1, 0.15) is 33.3 Å². The molecule has 0 atom stereocenters. The van der Waals surface area contributed by atoms with Gasteiger partial charge in [0, 0.05) is 24.7 Å². The lowest BCUT2D eigenvalue weighted by molar-refractivity contribution is 0.334. The molecule has 0 spiro atoms. The van der Waals surface area contributed by atoms with Gasteiger partial charge >= 0.3 is 0 Å². The van der Waals surface area contributed by atoms with Gasteiger partial charge in [0.25, 0.3) is 0 Å². The van der Waals surface area contributed by atoms with E-state index in [2.05, 4.69) is 10.0 Å². The van der Waals surface area contributed by atoms with Gasteiger partial charge in [-0.15, -0.1) is 0 Å². The summed E-state index contributed by atoms with van der Waals surface area (Å²) in [6.45, 7) is 9.24. The Bertz CT molecular complexity index is 527. The molecule has 1 rings (SSSR count). The zero-order valence-electron chi connectivity index (χ0n) is 12.6. The summed E-state index contributed by atoms with van der Waals surface area (Å²) in [7, 11) is -3.44. The van der Waals surface area contributed by atoms with Crippen LogP contribution in [0.3, 0.4) is 0 Å². The Balaban J connectivity index is 3.09. The lowest BCUT2D eigenvalue weighted by Gasteiger charge is -2.14. The number of sulfonamides is 1. The fraction of sp³-hybridized carbons (Fsp3) is 0.571. The van der Waals surface area contributed by atoms with Gasteiger partial charge in [0.15, 0.2) is 0 Å². The van der Waals surface area contributed by atoms with Gasteiger partial charge in [-0.2, -0.15) is 0 Å². The van der Waals surface area contributed by atoms with E-state index in [9.17, 15) is 8.42 Å². The zero-order valence-corrected chi connectivity index (χ0v) is 13.4. The van der Waals surface area contributed by atoms with Gasteiger partial charge in [0.05, 0.1) is 11.5 Å². The van der Waals surface area contributed by atoms with E-state index >= 15 is 0 Å². The standard InChI is InChI=1S/C14H24N2O3S/c1-5-16-20(17,18)13-7-8-14(19-6-2)12(9-13)10-15-11(3)4/h7-9,11,15-16H,5-6,10H2,1-4H3. The minimum Gasteiger partial charge on any atom is -0.494 e. The third-order valence-electron chi connectivity index (χ3n) is 2.68. The van der Waals surface area contributed by atoms with Crippen molar-refractivity contribution in [3.05, 3.63) is 23.8 Å². The Labute approximate surface area is 121 Å². The van der Waals surface area contributed by atoms with Gasteiger partial charge in [-0.1, -0.05) is 20.8 Å². The van der Waals surface area contributed by atoms with E-state index in [0.29, 0.717) is 25.7 Å². The van der Waals surface area contributed by atoms with Crippen molar-refractivity contribution in [2.75, 3.05) is 13.2 Å². The molecule has 0 aliphatic rings. The van der Waals surface area contributed by atoms with E-state index in [-0.39, 0.29) is 4.90 Å². The maximum absolute atomic E-state index is 12.0. The number of hydrogen-bond acceptors (Lipinski definition) is 4. The first kappa shape index (κ1) is 16.9. The maximum Gasteiger partial charge on any atom is 0.240 e. The summed E-state index contributed by atoms with van der Waals surface area (Å²) in [4.78, 5) is 0.267. The molecule has 0 unspecified atom stereocenters. The smallest absolute Gasteiger partial charge is 0.240 e. The van der Waals surface area contributed by atoms with E-state index in [0.717, 1.165) is 11.3 Å². The number of ether oxygens (including phenoxy) is 1. The topological polar surface area (TPSA) is 67.4 Å². The van der Waals surface area contributed by atoms with Gasteiger partial charge in [-0.3, -0.25) is 0 Å². The minimum atomic E-state index is -3.44. The first-order chi connectivity index (χ1) is 9.40. The molecule has 0 saturated heterocycles. The van der Waals surface area contributed by atoms with Crippen molar-refractivity contribution in [1.29, 1.82) is 0 Å². The van der Waals surface area contributed by atoms with E-state index in [1.54, 1.807) is 25.1 Å². The fourth-order valence-corrected chi connectivity index (χ4v) is 2.84. The highest BCUT2D eigenvalue weighted by molar-refractivity contribution is 7.89. The Morgan fingerprint density at radius 2 is 1.95 bits per heavy atom. The summed E-state index contributed by atoms with van der Waals surface area (Å²) in [5.74, 6) is 0.719. The molecule has 20 heavy (non-hydrogen) atoms. The van der Waals surface area contributed by atoms with E-state index < -0.39 is 10.0 Å². The number of benzene rings is 1. The van der Waals surface area contributed by atoms with E-state index in [1.807, 2.05) is 20.8 Å². The molecule has 0 aromatic heterocycles. The van der Waals surface area contributed by atoms with Gasteiger partial charge in [-0.05, 0) is 25.1 Å². The summed E-state index contributed by atoms with van der Waals surface area (Å²) in [5.41, 5.74) is 0.847. The fourth-order valence-electron chi connectivity index (χ4n) is 1.74. The van der Waals surface area contributed by atoms with Crippen LogP contribution < -0.4 is 14.8 Å². The highest BCUT2D eigenvalue weighted by Crippen LogP contribution is 2.23. The lowest BCUT2D eigenvalue weighted by Crippen LogP contribution is -2.24. The third kappa shape index (κ3) is 4.77. The Morgan fingerprint density at radius 1 is 1.25 bits per heavy atom. The second kappa shape index (κ2) is 7.61. The van der Waals surface area contributed by atoms with Crippen molar-refractivity contribution >= 4 is 10.0 Å². The van der Waals surface area contributed by atoms with Crippen LogP contribution in [0.4, 0.5) is 0 Å². The first-order valence-corrected chi connectivity index (χ1v) is 8.37. The summed E-state index contributed by atoms with van der Waals surface area (Å²) in [6, 6.07) is 5.27. The van der Waals surface area contributed by atoms with E-state index in [4.69, 9.17) is 4.74 Å². The second-order valence-corrected chi connectivity index (χ2v) is 6.51. The van der Waals surface area contributed by atoms with Crippen molar-refractivity contribution < 1.29 is 13.2 Å². The van der Waals surface area contributed by atoms with Crippen molar-refractivity contribution in [3.8, 4) is 5.75 Å². The van der Waals surface area contributed by atoms with Crippen LogP contribution >= 0.6 is 0 Å². The predicted molar refractivity (Wildman–Crippen MR) is 80.4 cm³/mol. The molecule has 6 heteroatoms. The van der Waals surface area contributed by atoms with Gasteiger partial charge in [0.1, 0.15) is 5.75 Å². The zero-order chi connectivity index (χ0) is 15.2. The molecule has 1 aromatic rings. The Kier molecular flexibility index (Phi) is 6.45. The van der Waals surface area contributed by atoms with Crippen LogP contribution in [0.5, 0.6) is 5.75 Å². The quantitative estimate of drug-likeness (QED) is 0.769. The lowest BCUT2D eigenvalue weighted by atomic mass is 10.2. The number of nitrogens with one attached hydrogen (secondary N) is 2. The molecule has 0 aliphatic heterocycles. The van der Waals surface area contributed by atoms with Crippen LogP contribution in [0.25, 0.3) is 0 Å². The van der Waals surface area contributed by atoms with Crippen LogP contribution in [-0.2, 0) is 16.6 Å². The molecular formula is C14H24N2O3S. The summed E-state index contributed by atoms with van der Waals surface area (Å²) < 4.78 is 32.1. The largest absolute Gasteiger partial charge is 0.494 e. The Hall–Kier alpha value is -1.11. The molecule has 114 valence electrons.